The third kappa shape index (κ3) is 5.38. The lowest BCUT2D eigenvalue weighted by atomic mass is 10.1. The number of halogens is 1. The number of methoxy groups -OCH3 is 1. The topological polar surface area (TPSA) is 87.7 Å². The Morgan fingerprint density at radius 1 is 1.20 bits per heavy atom. The third-order valence-electron chi connectivity index (χ3n) is 4.87. The van der Waals surface area contributed by atoms with Crippen molar-refractivity contribution in [3.8, 4) is 0 Å². The molecule has 1 aromatic carbocycles. The molecule has 3 amide bonds. The van der Waals surface area contributed by atoms with Crippen molar-refractivity contribution >= 4 is 46.3 Å². The van der Waals surface area contributed by atoms with E-state index in [1.807, 2.05) is 11.8 Å². The van der Waals surface area contributed by atoms with Crippen molar-refractivity contribution in [2.45, 2.75) is 25.8 Å². The van der Waals surface area contributed by atoms with E-state index in [2.05, 4.69) is 10.6 Å². The summed E-state index contributed by atoms with van der Waals surface area (Å²) in [5.74, 6) is -0.792. The molecular formula is C21H24ClN3O4S. The van der Waals surface area contributed by atoms with E-state index >= 15 is 0 Å². The molecule has 2 heterocycles. The third-order valence-corrected chi connectivity index (χ3v) is 6.10. The van der Waals surface area contributed by atoms with Gasteiger partial charge in [-0.15, -0.1) is 11.3 Å². The molecule has 3 rings (SSSR count). The summed E-state index contributed by atoms with van der Waals surface area (Å²) in [6, 6.07) is 7.52. The van der Waals surface area contributed by atoms with Crippen molar-refractivity contribution in [1.82, 2.24) is 10.2 Å². The quantitative estimate of drug-likeness (QED) is 0.678. The van der Waals surface area contributed by atoms with E-state index in [0.717, 1.165) is 42.8 Å². The Labute approximate surface area is 184 Å². The van der Waals surface area contributed by atoms with Crippen LogP contribution in [0.15, 0.2) is 30.3 Å². The van der Waals surface area contributed by atoms with Gasteiger partial charge in [-0.1, -0.05) is 11.6 Å². The summed E-state index contributed by atoms with van der Waals surface area (Å²) in [6.45, 7) is 3.42. The molecule has 0 unspecified atom stereocenters. The van der Waals surface area contributed by atoms with Gasteiger partial charge >= 0.3 is 0 Å². The van der Waals surface area contributed by atoms with Crippen LogP contribution in [-0.2, 0) is 9.53 Å². The molecule has 0 saturated carbocycles. The van der Waals surface area contributed by atoms with Gasteiger partial charge in [0.05, 0.1) is 15.8 Å². The second-order valence-corrected chi connectivity index (χ2v) is 8.82. The molecule has 2 N–H and O–H groups in total. The highest BCUT2D eigenvalue weighted by atomic mass is 35.5. The number of thiophene rings is 1. The number of nitrogens with zero attached hydrogens (tertiary/aromatic N) is 1. The van der Waals surface area contributed by atoms with E-state index in [9.17, 15) is 14.4 Å². The lowest BCUT2D eigenvalue weighted by Gasteiger charge is -2.19. The molecule has 0 spiro atoms. The van der Waals surface area contributed by atoms with Gasteiger partial charge in [0, 0.05) is 31.5 Å². The number of aryl methyl sites for hydroxylation is 1. The molecule has 1 atom stereocenters. The van der Waals surface area contributed by atoms with Gasteiger partial charge < -0.3 is 20.3 Å². The molecule has 160 valence electrons. The molecule has 0 bridgehead atoms. The molecule has 1 aromatic heterocycles. The van der Waals surface area contributed by atoms with Crippen molar-refractivity contribution in [2.24, 2.45) is 0 Å². The van der Waals surface area contributed by atoms with E-state index in [0.29, 0.717) is 20.5 Å². The van der Waals surface area contributed by atoms with Crippen molar-refractivity contribution in [2.75, 3.05) is 32.1 Å². The molecule has 1 aliphatic rings. The molecule has 9 heteroatoms. The van der Waals surface area contributed by atoms with E-state index in [1.165, 1.54) is 7.11 Å². The van der Waals surface area contributed by atoms with Crippen LogP contribution < -0.4 is 10.6 Å². The van der Waals surface area contributed by atoms with Crippen LogP contribution in [0.4, 0.5) is 5.69 Å². The molecule has 30 heavy (non-hydrogen) atoms. The number of rotatable bonds is 7. The maximum absolute atomic E-state index is 12.7. The Morgan fingerprint density at radius 2 is 1.93 bits per heavy atom. The fraction of sp³-hybridized carbons (Fsp3) is 0.381. The molecule has 1 saturated heterocycles. The minimum absolute atomic E-state index is 0.0151. The maximum Gasteiger partial charge on any atom is 0.262 e. The predicted molar refractivity (Wildman–Crippen MR) is 117 cm³/mol. The second-order valence-electron chi connectivity index (χ2n) is 7.10. The maximum atomic E-state index is 12.7. The second kappa shape index (κ2) is 10.1. The first-order chi connectivity index (χ1) is 14.4. The first-order valence-corrected chi connectivity index (χ1v) is 10.8. The normalized spacial score (nSPS) is 14.4. The molecular weight excluding hydrogens is 426 g/mol. The average molecular weight is 450 g/mol. The molecule has 0 radical (unpaired) electrons. The van der Waals surface area contributed by atoms with Crippen molar-refractivity contribution in [3.63, 3.8) is 0 Å². The fourth-order valence-corrected chi connectivity index (χ4v) is 4.26. The highest BCUT2D eigenvalue weighted by Gasteiger charge is 2.24. The van der Waals surface area contributed by atoms with Crippen LogP contribution in [0.1, 0.15) is 38.4 Å². The van der Waals surface area contributed by atoms with Crippen LogP contribution in [0.25, 0.3) is 0 Å². The van der Waals surface area contributed by atoms with Gasteiger partial charge in [-0.2, -0.15) is 0 Å². The van der Waals surface area contributed by atoms with Gasteiger partial charge in [-0.25, -0.2) is 0 Å². The van der Waals surface area contributed by atoms with E-state index in [-0.39, 0.29) is 12.5 Å². The van der Waals surface area contributed by atoms with Crippen LogP contribution in [0.3, 0.4) is 0 Å². The van der Waals surface area contributed by atoms with Gasteiger partial charge in [-0.05, 0) is 55.7 Å². The molecule has 1 fully saturated rings. The summed E-state index contributed by atoms with van der Waals surface area (Å²) in [5, 5.41) is 5.45. The molecule has 0 aliphatic carbocycles. The largest absolute Gasteiger partial charge is 0.382 e. The SMILES string of the molecule is COC[C@H](NC(=O)c1ccc(Cl)s1)C(=O)Nc1ccc(C(=O)N2CCCC2)c(C)c1. The zero-order chi connectivity index (χ0) is 21.7. The number of ether oxygens (including phenoxy) is 1. The highest BCUT2D eigenvalue weighted by Crippen LogP contribution is 2.22. The first kappa shape index (κ1) is 22.3. The van der Waals surface area contributed by atoms with Crippen LogP contribution in [0.5, 0.6) is 0 Å². The highest BCUT2D eigenvalue weighted by molar-refractivity contribution is 7.18. The zero-order valence-corrected chi connectivity index (χ0v) is 18.4. The number of nitrogens with one attached hydrogen (secondary N) is 2. The Bertz CT molecular complexity index is 940. The van der Waals surface area contributed by atoms with Crippen molar-refractivity contribution < 1.29 is 19.1 Å². The Kier molecular flexibility index (Phi) is 7.47. The number of anilines is 1. The standard InChI is InChI=1S/C21H24ClN3O4S/c1-13-11-14(5-6-15(13)21(28)25-9-3-4-10-25)23-19(26)16(12-29-2)24-20(27)17-7-8-18(22)30-17/h5-8,11,16H,3-4,9-10,12H2,1-2H3,(H,23,26)(H,24,27)/t16-/m0/s1. The van der Waals surface area contributed by atoms with Gasteiger partial charge in [0.2, 0.25) is 5.91 Å². The lowest BCUT2D eigenvalue weighted by molar-refractivity contribution is -0.119. The van der Waals surface area contributed by atoms with Crippen molar-refractivity contribution in [3.05, 3.63) is 50.7 Å². The Balaban J connectivity index is 1.67. The first-order valence-electron chi connectivity index (χ1n) is 9.65. The summed E-state index contributed by atoms with van der Waals surface area (Å²) in [5.41, 5.74) is 1.96. The van der Waals surface area contributed by atoms with E-state index < -0.39 is 17.9 Å². The van der Waals surface area contributed by atoms with Crippen LogP contribution in [0, 0.1) is 6.92 Å². The van der Waals surface area contributed by atoms with Crippen LogP contribution in [0.2, 0.25) is 4.34 Å². The number of carbonyl (C=O) groups is 3. The van der Waals surface area contributed by atoms with Gasteiger partial charge in [0.1, 0.15) is 6.04 Å². The van der Waals surface area contributed by atoms with E-state index in [1.54, 1.807) is 30.3 Å². The smallest absolute Gasteiger partial charge is 0.262 e. The molecule has 2 aromatic rings. The monoisotopic (exact) mass is 449 g/mol. The number of hydrogen-bond donors (Lipinski definition) is 2. The molecule has 7 nitrogen and oxygen atoms in total. The number of amides is 3. The predicted octanol–water partition coefficient (Wildman–Crippen LogP) is 3.33. The van der Waals surface area contributed by atoms with Crippen molar-refractivity contribution in [1.29, 1.82) is 0 Å². The Hall–Kier alpha value is -2.42. The lowest BCUT2D eigenvalue weighted by Crippen LogP contribution is -2.46. The fourth-order valence-electron chi connectivity index (χ4n) is 3.32. The van der Waals surface area contributed by atoms with Crippen LogP contribution in [-0.4, -0.2) is 55.5 Å². The van der Waals surface area contributed by atoms with E-state index in [4.69, 9.17) is 16.3 Å². The summed E-state index contributed by atoms with van der Waals surface area (Å²) in [7, 11) is 1.46. The van der Waals surface area contributed by atoms with Crippen LogP contribution >= 0.6 is 22.9 Å². The van der Waals surface area contributed by atoms with Gasteiger partial charge in [-0.3, -0.25) is 14.4 Å². The summed E-state index contributed by atoms with van der Waals surface area (Å²) in [4.78, 5) is 40.0. The minimum Gasteiger partial charge on any atom is -0.382 e. The van der Waals surface area contributed by atoms with Gasteiger partial charge in [0.15, 0.2) is 0 Å². The summed E-state index contributed by atoms with van der Waals surface area (Å²) < 4.78 is 5.58. The average Bonchev–Trinajstić information content (AvgIpc) is 3.39. The number of benzene rings is 1. The minimum atomic E-state index is -0.880. The number of likely N-dealkylation sites (tertiary alicyclic amines) is 1. The Morgan fingerprint density at radius 3 is 2.53 bits per heavy atom. The number of hydrogen-bond acceptors (Lipinski definition) is 5. The molecule has 1 aliphatic heterocycles. The zero-order valence-electron chi connectivity index (χ0n) is 16.9. The summed E-state index contributed by atoms with van der Waals surface area (Å²) >= 11 is 7.00. The summed E-state index contributed by atoms with van der Waals surface area (Å²) in [6.07, 6.45) is 2.06. The number of carbonyl (C=O) groups excluding carboxylic acids is 3. The van der Waals surface area contributed by atoms with Gasteiger partial charge in [0.25, 0.3) is 11.8 Å².